The van der Waals surface area contributed by atoms with Crippen molar-refractivity contribution in [3.63, 3.8) is 0 Å². The molecule has 2 rings (SSSR count). The molecule has 2 atom stereocenters. The second-order valence-electron chi connectivity index (χ2n) is 3.99. The van der Waals surface area contributed by atoms with Gasteiger partial charge in [-0.05, 0) is 13.3 Å². The van der Waals surface area contributed by atoms with Crippen LogP contribution in [0.3, 0.4) is 0 Å². The van der Waals surface area contributed by atoms with Gasteiger partial charge in [-0.25, -0.2) is 18.1 Å². The Morgan fingerprint density at radius 3 is 2.78 bits per heavy atom. The second kappa shape index (κ2) is 4.79. The normalized spacial score (nSPS) is 23.4. The topological polar surface area (TPSA) is 96.4 Å². The summed E-state index contributed by atoms with van der Waals surface area (Å²) >= 11 is 1.08. The molecule has 0 bridgehead atoms. The SMILES string of the molecule is Cc1ncc(S(=O)(=O)NC2C=CC(C(=O)O)C2)s1. The number of aryl methyl sites for hydroxylation is 1. The molecule has 0 saturated heterocycles. The van der Waals surface area contributed by atoms with Crippen molar-refractivity contribution in [3.8, 4) is 0 Å². The average molecular weight is 288 g/mol. The van der Waals surface area contributed by atoms with Gasteiger partial charge in [0.15, 0.2) is 4.21 Å². The molecule has 0 amide bonds. The largest absolute Gasteiger partial charge is 0.481 e. The fourth-order valence-electron chi connectivity index (χ4n) is 1.69. The lowest BCUT2D eigenvalue weighted by atomic mass is 10.1. The zero-order valence-electron chi connectivity index (χ0n) is 9.53. The van der Waals surface area contributed by atoms with Crippen molar-refractivity contribution in [2.75, 3.05) is 0 Å². The lowest BCUT2D eigenvalue weighted by Crippen LogP contribution is -2.32. The van der Waals surface area contributed by atoms with Crippen molar-refractivity contribution in [2.45, 2.75) is 23.6 Å². The molecule has 6 nitrogen and oxygen atoms in total. The van der Waals surface area contributed by atoms with Crippen molar-refractivity contribution >= 4 is 27.3 Å². The highest BCUT2D eigenvalue weighted by molar-refractivity contribution is 7.91. The van der Waals surface area contributed by atoms with Gasteiger partial charge in [-0.1, -0.05) is 12.2 Å². The summed E-state index contributed by atoms with van der Waals surface area (Å²) in [6, 6.07) is -0.474. The number of carboxylic acids is 1. The van der Waals surface area contributed by atoms with E-state index in [0.717, 1.165) is 11.3 Å². The molecule has 0 saturated carbocycles. The van der Waals surface area contributed by atoms with E-state index in [0.29, 0.717) is 5.01 Å². The first-order chi connectivity index (χ1) is 8.38. The Morgan fingerprint density at radius 1 is 1.56 bits per heavy atom. The average Bonchev–Trinajstić information content (AvgIpc) is 2.86. The number of aliphatic carboxylic acids is 1. The van der Waals surface area contributed by atoms with Crippen LogP contribution in [0.1, 0.15) is 11.4 Å². The van der Waals surface area contributed by atoms with Gasteiger partial charge < -0.3 is 5.11 Å². The molecule has 1 aromatic heterocycles. The Hall–Kier alpha value is -1.25. The molecule has 1 aliphatic carbocycles. The van der Waals surface area contributed by atoms with Crippen LogP contribution in [0.25, 0.3) is 0 Å². The van der Waals surface area contributed by atoms with Gasteiger partial charge in [-0.2, -0.15) is 0 Å². The monoisotopic (exact) mass is 288 g/mol. The highest BCUT2D eigenvalue weighted by Crippen LogP contribution is 2.22. The maximum absolute atomic E-state index is 12.0. The second-order valence-corrected chi connectivity index (χ2v) is 7.17. The van der Waals surface area contributed by atoms with E-state index in [2.05, 4.69) is 9.71 Å². The first kappa shape index (κ1) is 13.2. The Bertz CT molecular complexity index is 591. The van der Waals surface area contributed by atoms with E-state index in [9.17, 15) is 13.2 Å². The molecule has 18 heavy (non-hydrogen) atoms. The van der Waals surface area contributed by atoms with Crippen molar-refractivity contribution in [1.82, 2.24) is 9.71 Å². The van der Waals surface area contributed by atoms with Gasteiger partial charge >= 0.3 is 5.97 Å². The fourth-order valence-corrected chi connectivity index (χ4v) is 4.02. The van der Waals surface area contributed by atoms with E-state index in [1.54, 1.807) is 13.0 Å². The molecule has 0 fully saturated rings. The first-order valence-electron chi connectivity index (χ1n) is 5.24. The summed E-state index contributed by atoms with van der Waals surface area (Å²) in [5.74, 6) is -1.57. The highest BCUT2D eigenvalue weighted by Gasteiger charge is 2.28. The van der Waals surface area contributed by atoms with Crippen LogP contribution in [0.5, 0.6) is 0 Å². The van der Waals surface area contributed by atoms with Crippen LogP contribution in [0, 0.1) is 12.8 Å². The minimum Gasteiger partial charge on any atom is -0.481 e. The number of hydrogen-bond acceptors (Lipinski definition) is 5. The summed E-state index contributed by atoms with van der Waals surface area (Å²) < 4.78 is 26.5. The van der Waals surface area contributed by atoms with Crippen LogP contribution >= 0.6 is 11.3 Å². The Balaban J connectivity index is 2.07. The van der Waals surface area contributed by atoms with E-state index in [4.69, 9.17) is 5.11 Å². The minimum absolute atomic E-state index is 0.146. The number of sulfonamides is 1. The molecule has 1 heterocycles. The summed E-state index contributed by atoms with van der Waals surface area (Å²) in [6.07, 6.45) is 4.62. The predicted octanol–water partition coefficient (Wildman–Crippen LogP) is 0.759. The quantitative estimate of drug-likeness (QED) is 0.797. The Labute approximate surface area is 108 Å². The molecule has 0 spiro atoms. The molecule has 2 unspecified atom stereocenters. The van der Waals surface area contributed by atoms with Crippen LogP contribution in [0.15, 0.2) is 22.6 Å². The van der Waals surface area contributed by atoms with E-state index < -0.39 is 28.0 Å². The Kier molecular flexibility index (Phi) is 3.51. The van der Waals surface area contributed by atoms with Gasteiger partial charge in [0, 0.05) is 6.04 Å². The number of hydrogen-bond donors (Lipinski definition) is 2. The summed E-state index contributed by atoms with van der Waals surface area (Å²) in [7, 11) is -3.61. The van der Waals surface area contributed by atoms with Gasteiger partial charge in [0.2, 0.25) is 0 Å². The van der Waals surface area contributed by atoms with E-state index in [-0.39, 0.29) is 10.6 Å². The maximum atomic E-state index is 12.0. The zero-order chi connectivity index (χ0) is 13.3. The molecule has 8 heteroatoms. The number of carbonyl (C=O) groups is 1. The van der Waals surface area contributed by atoms with Gasteiger partial charge in [-0.3, -0.25) is 4.79 Å². The number of aromatic nitrogens is 1. The number of carboxylic acid groups (broad SMARTS) is 1. The molecular formula is C10H12N2O4S2. The summed E-state index contributed by atoms with van der Waals surface area (Å²) in [6.45, 7) is 1.72. The lowest BCUT2D eigenvalue weighted by molar-refractivity contribution is -0.140. The van der Waals surface area contributed by atoms with Gasteiger partial charge in [0.25, 0.3) is 10.0 Å². The molecule has 0 aromatic carbocycles. The van der Waals surface area contributed by atoms with Crippen LogP contribution in [-0.4, -0.2) is 30.5 Å². The van der Waals surface area contributed by atoms with Crippen LogP contribution < -0.4 is 4.72 Å². The molecule has 0 radical (unpaired) electrons. The lowest BCUT2D eigenvalue weighted by Gasteiger charge is -2.11. The van der Waals surface area contributed by atoms with E-state index in [1.807, 2.05) is 0 Å². The van der Waals surface area contributed by atoms with E-state index in [1.165, 1.54) is 12.3 Å². The number of rotatable bonds is 4. The third-order valence-corrected chi connectivity index (χ3v) is 5.44. The number of nitrogens with one attached hydrogen (secondary N) is 1. The smallest absolute Gasteiger partial charge is 0.310 e. The molecule has 1 aromatic rings. The maximum Gasteiger partial charge on any atom is 0.310 e. The third-order valence-electron chi connectivity index (χ3n) is 2.57. The molecule has 1 aliphatic rings. The standard InChI is InChI=1S/C10H12N2O4S2/c1-6-11-5-9(17-6)18(15,16)12-8-3-2-7(4-8)10(13)14/h2-3,5,7-8,12H,4H2,1H3,(H,13,14). The minimum atomic E-state index is -3.61. The van der Waals surface area contributed by atoms with E-state index >= 15 is 0 Å². The van der Waals surface area contributed by atoms with Gasteiger partial charge in [0.1, 0.15) is 0 Å². The van der Waals surface area contributed by atoms with Crippen LogP contribution in [0.4, 0.5) is 0 Å². The van der Waals surface area contributed by atoms with Crippen molar-refractivity contribution in [2.24, 2.45) is 5.92 Å². The third kappa shape index (κ3) is 2.77. The zero-order valence-corrected chi connectivity index (χ0v) is 11.2. The van der Waals surface area contributed by atoms with Crippen LogP contribution in [-0.2, 0) is 14.8 Å². The summed E-state index contributed by atoms with van der Waals surface area (Å²) in [5, 5.41) is 9.48. The number of thiazole rings is 1. The van der Waals surface area contributed by atoms with Gasteiger partial charge in [-0.15, -0.1) is 11.3 Å². The van der Waals surface area contributed by atoms with Gasteiger partial charge in [0.05, 0.1) is 17.1 Å². The van der Waals surface area contributed by atoms with Crippen molar-refractivity contribution < 1.29 is 18.3 Å². The first-order valence-corrected chi connectivity index (χ1v) is 7.54. The fraction of sp³-hybridized carbons (Fsp3) is 0.400. The number of nitrogens with zero attached hydrogens (tertiary/aromatic N) is 1. The molecule has 2 N–H and O–H groups in total. The highest BCUT2D eigenvalue weighted by atomic mass is 32.2. The molecular weight excluding hydrogens is 276 g/mol. The predicted molar refractivity (Wildman–Crippen MR) is 65.8 cm³/mol. The summed E-state index contributed by atoms with van der Waals surface area (Å²) in [5.41, 5.74) is 0. The van der Waals surface area contributed by atoms with Crippen molar-refractivity contribution in [3.05, 3.63) is 23.4 Å². The van der Waals surface area contributed by atoms with Crippen LogP contribution in [0.2, 0.25) is 0 Å². The Morgan fingerprint density at radius 2 is 2.28 bits per heavy atom. The summed E-state index contributed by atoms with van der Waals surface area (Å²) in [4.78, 5) is 14.6. The van der Waals surface area contributed by atoms with Crippen molar-refractivity contribution in [1.29, 1.82) is 0 Å². The molecule has 0 aliphatic heterocycles. The molecule has 98 valence electrons.